The molecule has 0 bridgehead atoms. The first-order valence-electron chi connectivity index (χ1n) is 9.29. The van der Waals surface area contributed by atoms with Gasteiger partial charge >= 0.3 is 6.18 Å². The second-order valence-electron chi connectivity index (χ2n) is 7.03. The van der Waals surface area contributed by atoms with Crippen LogP contribution in [-0.2, 0) is 17.5 Å². The number of benzene rings is 2. The van der Waals surface area contributed by atoms with Crippen molar-refractivity contribution in [1.29, 1.82) is 0 Å². The summed E-state index contributed by atoms with van der Waals surface area (Å²) in [6.07, 6.45) is -5.66. The molecule has 2 aromatic carbocycles. The Balaban J connectivity index is 1.59. The highest BCUT2D eigenvalue weighted by Gasteiger charge is 2.43. The molecule has 12 heteroatoms. The van der Waals surface area contributed by atoms with Gasteiger partial charge in [0, 0.05) is 37.7 Å². The monoisotopic (exact) mass is 484 g/mol. The Morgan fingerprint density at radius 2 is 1.44 bits per heavy atom. The normalized spacial score (nSPS) is 15.2. The van der Waals surface area contributed by atoms with E-state index in [9.17, 15) is 35.5 Å². The van der Waals surface area contributed by atoms with Crippen LogP contribution in [0.1, 0.15) is 11.1 Å². The van der Waals surface area contributed by atoms with E-state index in [4.69, 9.17) is 11.6 Å². The molecule has 2 aromatic rings. The van der Waals surface area contributed by atoms with Gasteiger partial charge in [-0.25, -0.2) is 8.78 Å². The Morgan fingerprint density at radius 1 is 0.906 bits per heavy atom. The van der Waals surface area contributed by atoms with Gasteiger partial charge in [0.1, 0.15) is 5.56 Å². The number of hydrogen-bond donors (Lipinski definition) is 0. The van der Waals surface area contributed by atoms with E-state index < -0.39 is 53.3 Å². The van der Waals surface area contributed by atoms with Gasteiger partial charge in [0.25, 0.3) is 5.91 Å². The number of halogens is 8. The first-order chi connectivity index (χ1) is 15.0. The number of amides is 1. The lowest BCUT2D eigenvalue weighted by Gasteiger charge is -2.34. The van der Waals surface area contributed by atoms with E-state index in [1.54, 1.807) is 12.1 Å². The molecule has 1 fully saturated rings. The van der Waals surface area contributed by atoms with Gasteiger partial charge in [0.15, 0.2) is 24.0 Å². The van der Waals surface area contributed by atoms with Crippen molar-refractivity contribution in [2.75, 3.05) is 32.8 Å². The summed E-state index contributed by atoms with van der Waals surface area (Å²) in [7, 11) is 0. The minimum absolute atomic E-state index is 0.247. The van der Waals surface area contributed by atoms with Crippen LogP contribution < -0.4 is 4.74 Å². The van der Waals surface area contributed by atoms with Gasteiger partial charge in [0.05, 0.1) is 0 Å². The summed E-state index contributed by atoms with van der Waals surface area (Å²) in [6.45, 7) is 1.04. The highest BCUT2D eigenvalue weighted by molar-refractivity contribution is 6.30. The zero-order valence-corrected chi connectivity index (χ0v) is 17.0. The average Bonchev–Trinajstić information content (AvgIpc) is 2.73. The standard InChI is InChI=1S/C20H16ClF7N2O2/c21-12-3-1-11(2-4-12)9-29-5-7-30(8-6-29)13(31)10-32-19-17(24)15(22)14(20(26,27)28)16(23)18(19)25/h1-4H,5-10H2. The van der Waals surface area contributed by atoms with Crippen molar-refractivity contribution >= 4 is 17.5 Å². The molecule has 0 aliphatic carbocycles. The lowest BCUT2D eigenvalue weighted by atomic mass is 10.1. The molecule has 1 amide bonds. The van der Waals surface area contributed by atoms with Crippen LogP contribution in [0.4, 0.5) is 30.7 Å². The topological polar surface area (TPSA) is 32.8 Å². The van der Waals surface area contributed by atoms with E-state index in [1.165, 1.54) is 4.90 Å². The van der Waals surface area contributed by atoms with Crippen molar-refractivity contribution in [3.8, 4) is 5.75 Å². The second-order valence-corrected chi connectivity index (χ2v) is 7.47. The maximum atomic E-state index is 13.9. The molecule has 0 spiro atoms. The first-order valence-corrected chi connectivity index (χ1v) is 9.67. The van der Waals surface area contributed by atoms with Gasteiger partial charge in [-0.15, -0.1) is 0 Å². The summed E-state index contributed by atoms with van der Waals surface area (Å²) in [5.41, 5.74) is -1.70. The fourth-order valence-electron chi connectivity index (χ4n) is 3.22. The summed E-state index contributed by atoms with van der Waals surface area (Å²) in [5.74, 6) is -12.5. The predicted molar refractivity (Wildman–Crippen MR) is 100 cm³/mol. The molecule has 3 rings (SSSR count). The van der Waals surface area contributed by atoms with Crippen LogP contribution >= 0.6 is 11.6 Å². The fraction of sp³-hybridized carbons (Fsp3) is 0.350. The number of alkyl halides is 3. The van der Waals surface area contributed by atoms with Crippen molar-refractivity contribution < 1.29 is 40.3 Å². The lowest BCUT2D eigenvalue weighted by molar-refractivity contribution is -0.143. The maximum Gasteiger partial charge on any atom is 0.422 e. The SMILES string of the molecule is O=C(COc1c(F)c(F)c(C(F)(F)F)c(F)c1F)N1CCN(Cc2ccc(Cl)cc2)CC1. The third-order valence-corrected chi connectivity index (χ3v) is 5.14. The molecule has 1 heterocycles. The molecule has 0 N–H and O–H groups in total. The molecular formula is C20H16ClF7N2O2. The Bertz CT molecular complexity index is 962. The summed E-state index contributed by atoms with van der Waals surface area (Å²) in [4.78, 5) is 15.6. The molecule has 0 aromatic heterocycles. The molecule has 1 saturated heterocycles. The number of ether oxygens (including phenoxy) is 1. The smallest absolute Gasteiger partial charge is 0.422 e. The van der Waals surface area contributed by atoms with Crippen LogP contribution in [0.3, 0.4) is 0 Å². The Kier molecular flexibility index (Phi) is 7.19. The van der Waals surface area contributed by atoms with Crippen molar-refractivity contribution in [2.45, 2.75) is 12.7 Å². The van der Waals surface area contributed by atoms with Crippen LogP contribution in [-0.4, -0.2) is 48.5 Å². The molecule has 0 saturated carbocycles. The molecule has 1 aliphatic rings. The molecule has 4 nitrogen and oxygen atoms in total. The zero-order valence-electron chi connectivity index (χ0n) is 16.3. The van der Waals surface area contributed by atoms with E-state index in [-0.39, 0.29) is 13.1 Å². The Labute approximate surface area is 183 Å². The van der Waals surface area contributed by atoms with Gasteiger partial charge in [0.2, 0.25) is 11.6 Å². The lowest BCUT2D eigenvalue weighted by Crippen LogP contribution is -2.49. The number of rotatable bonds is 5. The quantitative estimate of drug-likeness (QED) is 0.458. The molecule has 32 heavy (non-hydrogen) atoms. The summed E-state index contributed by atoms with van der Waals surface area (Å²) >= 11 is 5.84. The largest absolute Gasteiger partial charge is 0.477 e. The average molecular weight is 485 g/mol. The molecule has 1 aliphatic heterocycles. The fourth-order valence-corrected chi connectivity index (χ4v) is 3.34. The predicted octanol–water partition coefficient (Wildman–Crippen LogP) is 4.64. The zero-order chi connectivity index (χ0) is 23.6. The van der Waals surface area contributed by atoms with Crippen LogP contribution in [0.15, 0.2) is 24.3 Å². The summed E-state index contributed by atoms with van der Waals surface area (Å²) in [5, 5.41) is 0.602. The van der Waals surface area contributed by atoms with Crippen molar-refractivity contribution in [1.82, 2.24) is 9.80 Å². The third kappa shape index (κ3) is 5.26. The minimum atomic E-state index is -5.66. The molecule has 0 radical (unpaired) electrons. The van der Waals surface area contributed by atoms with E-state index in [2.05, 4.69) is 4.74 Å². The Morgan fingerprint density at radius 3 is 1.94 bits per heavy atom. The van der Waals surface area contributed by atoms with E-state index in [0.29, 0.717) is 24.7 Å². The maximum absolute atomic E-state index is 13.9. The minimum Gasteiger partial charge on any atom is -0.477 e. The van der Waals surface area contributed by atoms with Crippen LogP contribution in [0.2, 0.25) is 5.02 Å². The van der Waals surface area contributed by atoms with Crippen LogP contribution in [0, 0.1) is 23.3 Å². The van der Waals surface area contributed by atoms with Gasteiger partial charge in [-0.05, 0) is 17.7 Å². The van der Waals surface area contributed by atoms with Gasteiger partial charge in [-0.2, -0.15) is 22.0 Å². The molecular weight excluding hydrogens is 469 g/mol. The Hall–Kier alpha value is -2.53. The van der Waals surface area contributed by atoms with E-state index in [1.807, 2.05) is 17.0 Å². The van der Waals surface area contributed by atoms with Crippen molar-refractivity contribution in [3.63, 3.8) is 0 Å². The first kappa shape index (κ1) is 24.1. The van der Waals surface area contributed by atoms with E-state index in [0.717, 1.165) is 5.56 Å². The number of hydrogen-bond acceptors (Lipinski definition) is 3. The third-order valence-electron chi connectivity index (χ3n) is 4.89. The van der Waals surface area contributed by atoms with Crippen molar-refractivity contribution in [3.05, 3.63) is 63.7 Å². The number of nitrogens with zero attached hydrogens (tertiary/aromatic N) is 2. The number of piperazine rings is 1. The number of carbonyl (C=O) groups is 1. The molecule has 0 unspecified atom stereocenters. The highest BCUT2D eigenvalue weighted by Crippen LogP contribution is 2.39. The summed E-state index contributed by atoms with van der Waals surface area (Å²) < 4.78 is 97.4. The molecule has 174 valence electrons. The van der Waals surface area contributed by atoms with Crippen LogP contribution in [0.5, 0.6) is 5.75 Å². The summed E-state index contributed by atoms with van der Waals surface area (Å²) in [6, 6.07) is 7.22. The van der Waals surface area contributed by atoms with E-state index >= 15 is 0 Å². The van der Waals surface area contributed by atoms with Crippen molar-refractivity contribution in [2.24, 2.45) is 0 Å². The van der Waals surface area contributed by atoms with Gasteiger partial charge < -0.3 is 9.64 Å². The molecule has 0 atom stereocenters. The van der Waals surface area contributed by atoms with Gasteiger partial charge in [-0.1, -0.05) is 23.7 Å². The number of carbonyl (C=O) groups excluding carboxylic acids is 1. The second kappa shape index (κ2) is 9.53. The van der Waals surface area contributed by atoms with Gasteiger partial charge in [-0.3, -0.25) is 9.69 Å². The highest BCUT2D eigenvalue weighted by atomic mass is 35.5. The van der Waals surface area contributed by atoms with Crippen LogP contribution in [0.25, 0.3) is 0 Å².